The first kappa shape index (κ1) is 16.0. The number of likely N-dealkylation sites (tertiary alicyclic amines) is 1. The van der Waals surface area contributed by atoms with E-state index in [0.717, 1.165) is 43.6 Å². The lowest BCUT2D eigenvalue weighted by molar-refractivity contribution is 0.0811. The van der Waals surface area contributed by atoms with Crippen molar-refractivity contribution in [2.24, 2.45) is 5.92 Å². The number of phenols is 1. The highest BCUT2D eigenvalue weighted by Gasteiger charge is 2.26. The van der Waals surface area contributed by atoms with Crippen LogP contribution >= 0.6 is 11.6 Å². The Kier molecular flexibility index (Phi) is 4.99. The molecule has 2 aromatic carbocycles. The molecule has 0 saturated carbocycles. The van der Waals surface area contributed by atoms with Crippen LogP contribution < -0.4 is 0 Å². The lowest BCUT2D eigenvalue weighted by Gasteiger charge is -2.32. The van der Waals surface area contributed by atoms with Crippen LogP contribution in [0.15, 0.2) is 48.5 Å². The Morgan fingerprint density at radius 1 is 1.22 bits per heavy atom. The van der Waals surface area contributed by atoms with Crippen molar-refractivity contribution in [3.05, 3.63) is 64.7 Å². The topological polar surface area (TPSA) is 40.5 Å². The number of rotatable bonds is 4. The molecule has 1 unspecified atom stereocenters. The van der Waals surface area contributed by atoms with E-state index in [0.29, 0.717) is 5.02 Å². The summed E-state index contributed by atoms with van der Waals surface area (Å²) < 4.78 is 0. The van der Waals surface area contributed by atoms with Crippen molar-refractivity contribution in [1.29, 1.82) is 0 Å². The molecule has 0 spiro atoms. The van der Waals surface area contributed by atoms with Gasteiger partial charge in [0.2, 0.25) is 0 Å². The Bertz CT molecular complexity index is 684. The molecule has 1 saturated heterocycles. The number of Topliss-reactive ketones (excluding diaryl/α,β-unsaturated/α-hetero) is 1. The lowest BCUT2D eigenvalue weighted by atomic mass is 9.90. The Balaban J connectivity index is 1.66. The molecule has 120 valence electrons. The minimum atomic E-state index is 0.0298. The van der Waals surface area contributed by atoms with E-state index in [2.05, 4.69) is 4.90 Å². The third-order valence-corrected chi connectivity index (χ3v) is 4.57. The van der Waals surface area contributed by atoms with Gasteiger partial charge in [0, 0.05) is 29.6 Å². The number of piperidine rings is 1. The molecule has 3 rings (SSSR count). The third kappa shape index (κ3) is 4.12. The van der Waals surface area contributed by atoms with Gasteiger partial charge in [0.15, 0.2) is 5.78 Å². The van der Waals surface area contributed by atoms with E-state index >= 15 is 0 Å². The molecule has 23 heavy (non-hydrogen) atoms. The van der Waals surface area contributed by atoms with Crippen molar-refractivity contribution in [3.63, 3.8) is 0 Å². The molecule has 1 N–H and O–H groups in total. The van der Waals surface area contributed by atoms with Gasteiger partial charge in [-0.1, -0.05) is 23.7 Å². The van der Waals surface area contributed by atoms with Crippen LogP contribution in [-0.2, 0) is 6.54 Å². The molecule has 3 nitrogen and oxygen atoms in total. The maximum absolute atomic E-state index is 12.7. The van der Waals surface area contributed by atoms with Gasteiger partial charge in [-0.05, 0) is 61.3 Å². The summed E-state index contributed by atoms with van der Waals surface area (Å²) in [5, 5.41) is 10.2. The van der Waals surface area contributed by atoms with Crippen molar-refractivity contribution in [2.45, 2.75) is 19.4 Å². The molecule has 1 heterocycles. The molecular weight excluding hydrogens is 310 g/mol. The highest BCUT2D eigenvalue weighted by Crippen LogP contribution is 2.23. The van der Waals surface area contributed by atoms with Crippen molar-refractivity contribution in [1.82, 2.24) is 4.90 Å². The molecule has 0 amide bonds. The smallest absolute Gasteiger partial charge is 0.167 e. The summed E-state index contributed by atoms with van der Waals surface area (Å²) in [6.45, 7) is 2.51. The van der Waals surface area contributed by atoms with Crippen LogP contribution in [0.25, 0.3) is 0 Å². The van der Waals surface area contributed by atoms with Crippen LogP contribution in [0, 0.1) is 5.92 Å². The molecule has 2 aromatic rings. The third-order valence-electron chi connectivity index (χ3n) is 4.32. The first-order chi connectivity index (χ1) is 11.1. The Morgan fingerprint density at radius 3 is 2.74 bits per heavy atom. The van der Waals surface area contributed by atoms with Gasteiger partial charge in [-0.15, -0.1) is 0 Å². The summed E-state index contributed by atoms with van der Waals surface area (Å²) in [6, 6.07) is 14.5. The van der Waals surface area contributed by atoms with Gasteiger partial charge >= 0.3 is 0 Å². The molecular formula is C19H20ClNO2. The summed E-state index contributed by atoms with van der Waals surface area (Å²) in [5.74, 6) is 0.512. The second-order valence-electron chi connectivity index (χ2n) is 6.12. The largest absolute Gasteiger partial charge is 0.508 e. The average molecular weight is 330 g/mol. The van der Waals surface area contributed by atoms with Crippen LogP contribution in [0.2, 0.25) is 5.02 Å². The second-order valence-corrected chi connectivity index (χ2v) is 6.55. The van der Waals surface area contributed by atoms with Crippen molar-refractivity contribution >= 4 is 17.4 Å². The number of aromatic hydroxyl groups is 1. The minimum Gasteiger partial charge on any atom is -0.508 e. The van der Waals surface area contributed by atoms with Gasteiger partial charge in [-0.2, -0.15) is 0 Å². The SMILES string of the molecule is O=C(c1ccc(Cl)cc1)C1CCCN(Cc2cccc(O)c2)C1. The van der Waals surface area contributed by atoms with E-state index in [1.54, 1.807) is 36.4 Å². The quantitative estimate of drug-likeness (QED) is 0.857. The molecule has 1 atom stereocenters. The summed E-state index contributed by atoms with van der Waals surface area (Å²) in [4.78, 5) is 14.9. The average Bonchev–Trinajstić information content (AvgIpc) is 2.55. The van der Waals surface area contributed by atoms with Crippen molar-refractivity contribution < 1.29 is 9.90 Å². The molecule has 0 bridgehead atoms. The minimum absolute atomic E-state index is 0.0298. The lowest BCUT2D eigenvalue weighted by Crippen LogP contribution is -2.38. The Labute approximate surface area is 141 Å². The van der Waals surface area contributed by atoms with Crippen LogP contribution in [0.1, 0.15) is 28.8 Å². The molecule has 0 aromatic heterocycles. The van der Waals surface area contributed by atoms with E-state index in [9.17, 15) is 9.90 Å². The number of phenolic OH excluding ortho intramolecular Hbond substituents is 1. The van der Waals surface area contributed by atoms with Crippen LogP contribution in [0.3, 0.4) is 0 Å². The summed E-state index contributed by atoms with van der Waals surface area (Å²) >= 11 is 5.89. The van der Waals surface area contributed by atoms with E-state index < -0.39 is 0 Å². The molecule has 4 heteroatoms. The number of hydrogen-bond acceptors (Lipinski definition) is 3. The molecule has 1 aliphatic heterocycles. The van der Waals surface area contributed by atoms with Crippen LogP contribution in [-0.4, -0.2) is 28.9 Å². The molecule has 1 aliphatic rings. The predicted molar refractivity (Wildman–Crippen MR) is 91.9 cm³/mol. The molecule has 1 fully saturated rings. The monoisotopic (exact) mass is 329 g/mol. The van der Waals surface area contributed by atoms with E-state index in [1.807, 2.05) is 12.1 Å². The number of benzene rings is 2. The van der Waals surface area contributed by atoms with Crippen LogP contribution in [0.5, 0.6) is 5.75 Å². The van der Waals surface area contributed by atoms with Gasteiger partial charge in [0.1, 0.15) is 5.75 Å². The normalized spacial score (nSPS) is 18.7. The maximum atomic E-state index is 12.7. The summed E-state index contributed by atoms with van der Waals surface area (Å²) in [5.41, 5.74) is 1.81. The van der Waals surface area contributed by atoms with E-state index in [4.69, 9.17) is 11.6 Å². The van der Waals surface area contributed by atoms with Gasteiger partial charge in [-0.25, -0.2) is 0 Å². The first-order valence-electron chi connectivity index (χ1n) is 7.92. The fourth-order valence-corrected chi connectivity index (χ4v) is 3.30. The maximum Gasteiger partial charge on any atom is 0.167 e. The number of hydrogen-bond donors (Lipinski definition) is 1. The fraction of sp³-hybridized carbons (Fsp3) is 0.316. The number of halogens is 1. The molecule has 0 aliphatic carbocycles. The van der Waals surface area contributed by atoms with Crippen LogP contribution in [0.4, 0.5) is 0 Å². The summed E-state index contributed by atoms with van der Waals surface area (Å²) in [6.07, 6.45) is 1.95. The van der Waals surface area contributed by atoms with E-state index in [-0.39, 0.29) is 17.5 Å². The fourth-order valence-electron chi connectivity index (χ4n) is 3.18. The zero-order valence-electron chi connectivity index (χ0n) is 12.9. The number of carbonyl (C=O) groups excluding carboxylic acids is 1. The van der Waals surface area contributed by atoms with Crippen molar-refractivity contribution in [3.8, 4) is 5.75 Å². The summed E-state index contributed by atoms with van der Waals surface area (Å²) in [7, 11) is 0. The Hall–Kier alpha value is -1.84. The Morgan fingerprint density at radius 2 is 2.00 bits per heavy atom. The van der Waals surface area contributed by atoms with Gasteiger partial charge in [-0.3, -0.25) is 9.69 Å². The highest BCUT2D eigenvalue weighted by atomic mass is 35.5. The van der Waals surface area contributed by atoms with Crippen molar-refractivity contribution in [2.75, 3.05) is 13.1 Å². The molecule has 0 radical (unpaired) electrons. The standard InChI is InChI=1S/C19H20ClNO2/c20-17-8-6-15(7-9-17)19(23)16-4-2-10-21(13-16)12-14-3-1-5-18(22)11-14/h1,3,5-9,11,16,22H,2,4,10,12-13H2. The zero-order valence-corrected chi connectivity index (χ0v) is 13.7. The van der Waals surface area contributed by atoms with Gasteiger partial charge in [0.25, 0.3) is 0 Å². The van der Waals surface area contributed by atoms with Gasteiger partial charge < -0.3 is 5.11 Å². The number of nitrogens with zero attached hydrogens (tertiary/aromatic N) is 1. The van der Waals surface area contributed by atoms with E-state index in [1.165, 1.54) is 0 Å². The zero-order chi connectivity index (χ0) is 16.2. The first-order valence-corrected chi connectivity index (χ1v) is 8.29. The number of ketones is 1. The van der Waals surface area contributed by atoms with Gasteiger partial charge in [0.05, 0.1) is 0 Å². The predicted octanol–water partition coefficient (Wildman–Crippen LogP) is 4.14. The second kappa shape index (κ2) is 7.16. The number of carbonyl (C=O) groups is 1. The highest BCUT2D eigenvalue weighted by molar-refractivity contribution is 6.30.